The largest absolute Gasteiger partial charge is 0.416 e. The minimum atomic E-state index is -4.67. The molecule has 21 heavy (non-hydrogen) atoms. The minimum Gasteiger partial charge on any atom is -0.385 e. The van der Waals surface area contributed by atoms with Crippen LogP contribution in [0.15, 0.2) is 18.2 Å². The van der Waals surface area contributed by atoms with Gasteiger partial charge in [-0.05, 0) is 50.4 Å². The van der Waals surface area contributed by atoms with Crippen LogP contribution in [0, 0.1) is 5.82 Å². The van der Waals surface area contributed by atoms with Crippen molar-refractivity contribution < 1.29 is 22.7 Å². The summed E-state index contributed by atoms with van der Waals surface area (Å²) in [7, 11) is 1.94. The van der Waals surface area contributed by atoms with Crippen molar-refractivity contribution in [3.05, 3.63) is 35.1 Å². The molecule has 116 valence electrons. The molecule has 0 aliphatic carbocycles. The van der Waals surface area contributed by atoms with Crippen molar-refractivity contribution in [2.24, 2.45) is 0 Å². The van der Waals surface area contributed by atoms with Gasteiger partial charge < -0.3 is 10.0 Å². The number of rotatable bonds is 1. The number of aliphatic hydroxyl groups is 1. The molecule has 2 nitrogen and oxygen atoms in total. The molecule has 2 bridgehead atoms. The first-order valence-corrected chi connectivity index (χ1v) is 7.02. The number of alkyl halides is 3. The van der Waals surface area contributed by atoms with Gasteiger partial charge in [0.05, 0.1) is 11.2 Å². The van der Waals surface area contributed by atoms with Crippen LogP contribution in [0.3, 0.4) is 0 Å². The summed E-state index contributed by atoms with van der Waals surface area (Å²) in [4.78, 5) is 2.13. The summed E-state index contributed by atoms with van der Waals surface area (Å²) >= 11 is 0. The predicted octanol–water partition coefficient (Wildman–Crippen LogP) is 3.29. The van der Waals surface area contributed by atoms with Gasteiger partial charge in [0.25, 0.3) is 0 Å². The Hall–Kier alpha value is -1.14. The summed E-state index contributed by atoms with van der Waals surface area (Å²) < 4.78 is 52.7. The van der Waals surface area contributed by atoms with Gasteiger partial charge in [-0.15, -0.1) is 0 Å². The molecule has 1 aromatic carbocycles. The van der Waals surface area contributed by atoms with E-state index in [0.717, 1.165) is 25.0 Å². The molecule has 6 heteroatoms. The molecule has 2 fully saturated rings. The fourth-order valence-corrected chi connectivity index (χ4v) is 3.82. The third-order valence-electron chi connectivity index (χ3n) is 4.92. The van der Waals surface area contributed by atoms with Crippen LogP contribution in [0.1, 0.15) is 36.8 Å². The smallest absolute Gasteiger partial charge is 0.385 e. The van der Waals surface area contributed by atoms with Crippen molar-refractivity contribution >= 4 is 0 Å². The lowest BCUT2D eigenvalue weighted by Crippen LogP contribution is -2.48. The first kappa shape index (κ1) is 14.8. The van der Waals surface area contributed by atoms with E-state index >= 15 is 0 Å². The minimum absolute atomic E-state index is 0.0832. The van der Waals surface area contributed by atoms with E-state index in [2.05, 4.69) is 4.90 Å². The number of hydrogen-bond acceptors (Lipinski definition) is 2. The maximum Gasteiger partial charge on any atom is 0.416 e. The van der Waals surface area contributed by atoms with E-state index in [4.69, 9.17) is 0 Å². The molecule has 0 radical (unpaired) electrons. The number of hydrogen-bond donors (Lipinski definition) is 1. The normalized spacial score (nSPS) is 33.4. The molecular weight excluding hydrogens is 286 g/mol. The topological polar surface area (TPSA) is 23.5 Å². The van der Waals surface area contributed by atoms with Gasteiger partial charge in [0.2, 0.25) is 0 Å². The highest BCUT2D eigenvalue weighted by atomic mass is 19.4. The monoisotopic (exact) mass is 303 g/mol. The first-order chi connectivity index (χ1) is 9.71. The van der Waals surface area contributed by atoms with Crippen molar-refractivity contribution in [1.29, 1.82) is 0 Å². The summed E-state index contributed by atoms with van der Waals surface area (Å²) in [5.41, 5.74) is -2.79. The zero-order chi connectivity index (χ0) is 15.4. The predicted molar refractivity (Wildman–Crippen MR) is 69.1 cm³/mol. The van der Waals surface area contributed by atoms with Crippen molar-refractivity contribution in [3.63, 3.8) is 0 Å². The second kappa shape index (κ2) is 4.68. The van der Waals surface area contributed by atoms with Crippen molar-refractivity contribution in [3.8, 4) is 0 Å². The molecule has 0 spiro atoms. The van der Waals surface area contributed by atoms with Gasteiger partial charge in [0.1, 0.15) is 5.82 Å². The lowest BCUT2D eigenvalue weighted by molar-refractivity contribution is -0.142. The van der Waals surface area contributed by atoms with Crippen LogP contribution in [0.2, 0.25) is 0 Å². The van der Waals surface area contributed by atoms with Gasteiger partial charge in [0.15, 0.2) is 0 Å². The highest BCUT2D eigenvalue weighted by molar-refractivity contribution is 5.36. The Morgan fingerprint density at radius 3 is 2.29 bits per heavy atom. The van der Waals surface area contributed by atoms with Gasteiger partial charge in [-0.2, -0.15) is 13.2 Å². The molecule has 3 rings (SSSR count). The standard InChI is InChI=1S/C15H17F4NO/c1-20-10-3-4-11(20)8-14(21,7-10)12-5-2-9(16)6-13(12)15(17,18)19/h2,5-6,10-11,21H,3-4,7-8H2,1H3. The van der Waals surface area contributed by atoms with E-state index in [-0.39, 0.29) is 30.5 Å². The Labute approximate surface area is 120 Å². The van der Waals surface area contributed by atoms with Gasteiger partial charge in [-0.1, -0.05) is 6.07 Å². The van der Waals surface area contributed by atoms with Gasteiger partial charge in [0, 0.05) is 12.1 Å². The summed E-state index contributed by atoms with van der Waals surface area (Å²) in [5, 5.41) is 10.8. The number of halogens is 4. The summed E-state index contributed by atoms with van der Waals surface area (Å²) in [6, 6.07) is 2.72. The third kappa shape index (κ3) is 2.44. The zero-order valence-electron chi connectivity index (χ0n) is 11.6. The molecule has 2 saturated heterocycles. The summed E-state index contributed by atoms with van der Waals surface area (Å²) in [5.74, 6) is -0.939. The number of nitrogens with zero attached hydrogens (tertiary/aromatic N) is 1. The molecule has 2 unspecified atom stereocenters. The molecule has 0 saturated carbocycles. The average Bonchev–Trinajstić information content (AvgIpc) is 2.61. The Bertz CT molecular complexity index is 543. The average molecular weight is 303 g/mol. The van der Waals surface area contributed by atoms with Crippen LogP contribution in [0.25, 0.3) is 0 Å². The summed E-state index contributed by atoms with van der Waals surface area (Å²) in [6.45, 7) is 0. The molecule has 2 aliphatic rings. The Morgan fingerprint density at radius 2 is 1.76 bits per heavy atom. The van der Waals surface area contributed by atoms with E-state index in [9.17, 15) is 22.7 Å². The van der Waals surface area contributed by atoms with E-state index in [1.807, 2.05) is 7.05 Å². The van der Waals surface area contributed by atoms with Gasteiger partial charge >= 0.3 is 6.18 Å². The van der Waals surface area contributed by atoms with Crippen molar-refractivity contribution in [1.82, 2.24) is 4.90 Å². The molecule has 0 amide bonds. The molecule has 2 atom stereocenters. The second-order valence-electron chi connectivity index (χ2n) is 6.18. The van der Waals surface area contributed by atoms with Crippen molar-refractivity contribution in [2.45, 2.75) is 49.5 Å². The van der Waals surface area contributed by atoms with Crippen LogP contribution in [-0.4, -0.2) is 29.1 Å². The highest BCUT2D eigenvalue weighted by Crippen LogP contribution is 2.48. The highest BCUT2D eigenvalue weighted by Gasteiger charge is 2.49. The Morgan fingerprint density at radius 1 is 1.19 bits per heavy atom. The molecule has 2 aliphatic heterocycles. The maximum atomic E-state index is 13.2. The number of benzene rings is 1. The Balaban J connectivity index is 2.04. The third-order valence-corrected chi connectivity index (χ3v) is 4.92. The Kier molecular flexibility index (Phi) is 3.29. The maximum absolute atomic E-state index is 13.2. The zero-order valence-corrected chi connectivity index (χ0v) is 11.6. The lowest BCUT2D eigenvalue weighted by atomic mass is 9.78. The number of fused-ring (bicyclic) bond motifs is 2. The van der Waals surface area contributed by atoms with Crippen LogP contribution in [0.5, 0.6) is 0 Å². The fraction of sp³-hybridized carbons (Fsp3) is 0.600. The second-order valence-corrected chi connectivity index (χ2v) is 6.18. The van der Waals surface area contributed by atoms with E-state index in [0.29, 0.717) is 6.07 Å². The van der Waals surface area contributed by atoms with E-state index < -0.39 is 23.2 Å². The molecule has 0 aromatic heterocycles. The number of piperidine rings is 1. The SMILES string of the molecule is CN1C2CCC1CC(O)(c1ccc(F)cc1C(F)(F)F)C2. The van der Waals surface area contributed by atoms with Gasteiger partial charge in [-0.3, -0.25) is 0 Å². The molecular formula is C15H17F4NO. The van der Waals surface area contributed by atoms with Crippen LogP contribution in [0.4, 0.5) is 17.6 Å². The molecule has 1 aromatic rings. The van der Waals surface area contributed by atoms with Crippen molar-refractivity contribution in [2.75, 3.05) is 7.05 Å². The lowest BCUT2D eigenvalue weighted by Gasteiger charge is -2.43. The molecule has 1 N–H and O–H groups in total. The van der Waals surface area contributed by atoms with Gasteiger partial charge in [-0.25, -0.2) is 4.39 Å². The van der Waals surface area contributed by atoms with E-state index in [1.54, 1.807) is 0 Å². The van der Waals surface area contributed by atoms with Crippen LogP contribution < -0.4 is 0 Å². The molecule has 2 heterocycles. The van der Waals surface area contributed by atoms with E-state index in [1.165, 1.54) is 0 Å². The van der Waals surface area contributed by atoms with Crippen LogP contribution >= 0.6 is 0 Å². The van der Waals surface area contributed by atoms with Crippen LogP contribution in [-0.2, 0) is 11.8 Å². The summed E-state index contributed by atoms with van der Waals surface area (Å²) in [6.07, 6.45) is -2.39. The fourth-order valence-electron chi connectivity index (χ4n) is 3.82. The first-order valence-electron chi connectivity index (χ1n) is 7.02. The quantitative estimate of drug-likeness (QED) is 0.805.